The van der Waals surface area contributed by atoms with Crippen molar-refractivity contribution < 1.29 is 9.90 Å². The fraction of sp³-hybridized carbons (Fsp3) is 0. The number of carbonyl (C=O) groups excluding carboxylic acids is 1. The van der Waals surface area contributed by atoms with Crippen LogP contribution >= 0.6 is 11.6 Å². The van der Waals surface area contributed by atoms with Crippen LogP contribution in [-0.2, 0) is 0 Å². The maximum Gasteiger partial charge on any atom is 0.289 e. The number of carbonyl (C=O) groups is 1. The van der Waals surface area contributed by atoms with Crippen LogP contribution in [0.25, 0.3) is 22.0 Å². The number of phenolic OH excluding ortho intramolecular Hbond substituents is 1. The second-order valence-corrected chi connectivity index (χ2v) is 6.47. The number of nitrogens with one attached hydrogen (secondary N) is 2. The molecule has 0 saturated heterocycles. The number of fused-ring (bicyclic) bond motifs is 1. The van der Waals surface area contributed by atoms with E-state index in [4.69, 9.17) is 11.6 Å². The molecule has 0 fully saturated rings. The first-order valence-electron chi connectivity index (χ1n) is 8.48. The van der Waals surface area contributed by atoms with E-state index in [1.165, 1.54) is 6.21 Å². The Morgan fingerprint density at radius 2 is 1.89 bits per heavy atom. The normalized spacial score (nSPS) is 11.2. The van der Waals surface area contributed by atoms with Crippen LogP contribution in [-0.4, -0.2) is 27.4 Å². The topological polar surface area (TPSA) is 90.4 Å². The van der Waals surface area contributed by atoms with Crippen LogP contribution in [0.2, 0.25) is 5.02 Å². The maximum atomic E-state index is 12.3. The van der Waals surface area contributed by atoms with Crippen molar-refractivity contribution in [3.05, 3.63) is 83.0 Å². The van der Waals surface area contributed by atoms with Gasteiger partial charge in [0.25, 0.3) is 5.91 Å². The molecule has 0 saturated carbocycles. The summed E-state index contributed by atoms with van der Waals surface area (Å²) in [6.07, 6.45) is 1.42. The lowest BCUT2D eigenvalue weighted by Crippen LogP contribution is -2.18. The molecule has 0 radical (unpaired) electrons. The van der Waals surface area contributed by atoms with Gasteiger partial charge >= 0.3 is 0 Å². The van der Waals surface area contributed by atoms with E-state index in [-0.39, 0.29) is 11.4 Å². The number of phenols is 1. The van der Waals surface area contributed by atoms with Crippen LogP contribution in [0.1, 0.15) is 16.1 Å². The van der Waals surface area contributed by atoms with Crippen LogP contribution in [0, 0.1) is 0 Å². The van der Waals surface area contributed by atoms with E-state index in [1.807, 2.05) is 48.5 Å². The van der Waals surface area contributed by atoms with Crippen LogP contribution < -0.4 is 5.43 Å². The largest absolute Gasteiger partial charge is 0.507 e. The molecule has 28 heavy (non-hydrogen) atoms. The minimum Gasteiger partial charge on any atom is -0.507 e. The van der Waals surface area contributed by atoms with Gasteiger partial charge in [-0.3, -0.25) is 9.89 Å². The monoisotopic (exact) mass is 390 g/mol. The first kappa shape index (κ1) is 17.8. The Bertz CT molecular complexity index is 1200. The number of aromatic hydroxyl groups is 1. The molecule has 1 aromatic heterocycles. The smallest absolute Gasteiger partial charge is 0.289 e. The standard InChI is InChI=1S/C21H15ClN4O2/c22-17-8-4-3-7-15(17)18-11-19(25-24-18)21(28)26-23-12-16-14-6-2-1-5-13(14)9-10-20(16)27/h1-12,27H,(H,24,25)(H,26,28)/b23-12-. The number of halogens is 1. The highest BCUT2D eigenvalue weighted by atomic mass is 35.5. The fourth-order valence-electron chi connectivity index (χ4n) is 2.88. The van der Waals surface area contributed by atoms with E-state index in [0.717, 1.165) is 16.3 Å². The molecular weight excluding hydrogens is 376 g/mol. The highest BCUT2D eigenvalue weighted by molar-refractivity contribution is 6.33. The van der Waals surface area contributed by atoms with Crippen LogP contribution in [0.15, 0.2) is 71.8 Å². The number of hydrogen-bond acceptors (Lipinski definition) is 4. The number of rotatable bonds is 4. The molecule has 138 valence electrons. The number of hydrogen-bond donors (Lipinski definition) is 3. The van der Waals surface area contributed by atoms with Crippen molar-refractivity contribution in [1.29, 1.82) is 0 Å². The Labute approximate surface area is 165 Å². The molecule has 0 aliphatic rings. The number of amides is 1. The fourth-order valence-corrected chi connectivity index (χ4v) is 3.11. The molecule has 7 heteroatoms. The highest BCUT2D eigenvalue weighted by Gasteiger charge is 2.12. The van der Waals surface area contributed by atoms with Crippen molar-refractivity contribution in [2.45, 2.75) is 0 Å². The molecule has 1 amide bonds. The molecule has 1 heterocycles. The lowest BCUT2D eigenvalue weighted by atomic mass is 10.0. The van der Waals surface area contributed by atoms with Gasteiger partial charge in [0, 0.05) is 11.1 Å². The third-order valence-corrected chi connectivity index (χ3v) is 4.61. The number of H-pyrrole nitrogens is 1. The van der Waals surface area contributed by atoms with Crippen molar-refractivity contribution in [3.63, 3.8) is 0 Å². The molecule has 6 nitrogen and oxygen atoms in total. The summed E-state index contributed by atoms with van der Waals surface area (Å²) in [5.74, 6) is -0.374. The van der Waals surface area contributed by atoms with E-state index < -0.39 is 5.91 Å². The summed E-state index contributed by atoms with van der Waals surface area (Å²) in [5.41, 5.74) is 4.49. The molecule has 4 rings (SSSR count). The number of hydrazone groups is 1. The summed E-state index contributed by atoms with van der Waals surface area (Å²) in [5, 5.41) is 23.2. The lowest BCUT2D eigenvalue weighted by Gasteiger charge is -2.04. The number of nitrogens with zero attached hydrogens (tertiary/aromatic N) is 2. The van der Waals surface area contributed by atoms with Crippen LogP contribution in [0.4, 0.5) is 0 Å². The Hall–Kier alpha value is -3.64. The summed E-state index contributed by atoms with van der Waals surface area (Å²) in [4.78, 5) is 12.3. The predicted octanol–water partition coefficient (Wildman–Crippen LogP) is 4.35. The maximum absolute atomic E-state index is 12.3. The van der Waals surface area contributed by atoms with Crippen molar-refractivity contribution in [1.82, 2.24) is 15.6 Å². The van der Waals surface area contributed by atoms with Crippen molar-refractivity contribution in [3.8, 4) is 17.0 Å². The summed E-state index contributed by atoms with van der Waals surface area (Å²) in [6, 6.07) is 19.9. The van der Waals surface area contributed by atoms with Gasteiger partial charge < -0.3 is 5.11 Å². The average molecular weight is 391 g/mol. The molecular formula is C21H15ClN4O2. The van der Waals surface area contributed by atoms with Gasteiger partial charge in [0.1, 0.15) is 11.4 Å². The van der Waals surface area contributed by atoms with E-state index in [0.29, 0.717) is 16.3 Å². The Morgan fingerprint density at radius 3 is 2.75 bits per heavy atom. The van der Waals surface area contributed by atoms with E-state index in [1.54, 1.807) is 18.2 Å². The highest BCUT2D eigenvalue weighted by Crippen LogP contribution is 2.26. The number of benzene rings is 3. The Morgan fingerprint density at radius 1 is 1.11 bits per heavy atom. The lowest BCUT2D eigenvalue weighted by molar-refractivity contribution is 0.0950. The minimum atomic E-state index is -0.457. The molecule has 0 aliphatic heterocycles. The third-order valence-electron chi connectivity index (χ3n) is 4.28. The van der Waals surface area contributed by atoms with Gasteiger partial charge in [-0.05, 0) is 29.0 Å². The third kappa shape index (κ3) is 3.45. The number of aromatic nitrogens is 2. The van der Waals surface area contributed by atoms with Gasteiger partial charge in [0.15, 0.2) is 0 Å². The second-order valence-electron chi connectivity index (χ2n) is 6.07. The van der Waals surface area contributed by atoms with E-state index in [2.05, 4.69) is 20.7 Å². The Balaban J connectivity index is 1.53. The van der Waals surface area contributed by atoms with E-state index >= 15 is 0 Å². The van der Waals surface area contributed by atoms with Gasteiger partial charge in [-0.15, -0.1) is 0 Å². The SMILES string of the molecule is O=C(N/N=C\c1c(O)ccc2ccccc12)c1cc(-c2ccccc2Cl)n[nH]1. The van der Waals surface area contributed by atoms with Gasteiger partial charge in [0.05, 0.1) is 16.9 Å². The van der Waals surface area contributed by atoms with Crippen molar-refractivity contribution >= 4 is 34.5 Å². The van der Waals surface area contributed by atoms with Crippen LogP contribution in [0.5, 0.6) is 5.75 Å². The zero-order chi connectivity index (χ0) is 19.5. The summed E-state index contributed by atoms with van der Waals surface area (Å²) in [7, 11) is 0. The zero-order valence-electron chi connectivity index (χ0n) is 14.6. The number of aromatic amines is 1. The van der Waals surface area contributed by atoms with Crippen molar-refractivity contribution in [2.24, 2.45) is 5.10 Å². The molecule has 0 bridgehead atoms. The van der Waals surface area contributed by atoms with Gasteiger partial charge in [-0.2, -0.15) is 10.2 Å². The Kier molecular flexibility index (Phi) is 4.78. The minimum absolute atomic E-state index is 0.0826. The second kappa shape index (κ2) is 7.54. The predicted molar refractivity (Wildman–Crippen MR) is 110 cm³/mol. The molecule has 0 atom stereocenters. The molecule has 0 aliphatic carbocycles. The average Bonchev–Trinajstić information content (AvgIpc) is 3.20. The quantitative estimate of drug-likeness (QED) is 0.357. The summed E-state index contributed by atoms with van der Waals surface area (Å²) >= 11 is 6.16. The molecule has 3 aromatic carbocycles. The van der Waals surface area contributed by atoms with E-state index in [9.17, 15) is 9.90 Å². The first-order chi connectivity index (χ1) is 13.6. The molecule has 0 spiro atoms. The van der Waals surface area contributed by atoms with Crippen LogP contribution in [0.3, 0.4) is 0 Å². The van der Waals surface area contributed by atoms with Gasteiger partial charge in [-0.1, -0.05) is 60.1 Å². The molecule has 4 aromatic rings. The summed E-state index contributed by atoms with van der Waals surface area (Å²) in [6.45, 7) is 0. The molecule has 3 N–H and O–H groups in total. The van der Waals surface area contributed by atoms with Gasteiger partial charge in [0.2, 0.25) is 0 Å². The van der Waals surface area contributed by atoms with Gasteiger partial charge in [-0.25, -0.2) is 5.43 Å². The summed E-state index contributed by atoms with van der Waals surface area (Å²) < 4.78 is 0. The first-order valence-corrected chi connectivity index (χ1v) is 8.86. The molecule has 0 unspecified atom stereocenters. The van der Waals surface area contributed by atoms with Crippen molar-refractivity contribution in [2.75, 3.05) is 0 Å². The zero-order valence-corrected chi connectivity index (χ0v) is 15.3.